The summed E-state index contributed by atoms with van der Waals surface area (Å²) in [6.07, 6.45) is 0. The van der Waals surface area contributed by atoms with Gasteiger partial charge in [-0.3, -0.25) is 0 Å². The van der Waals surface area contributed by atoms with Crippen molar-refractivity contribution in [3.05, 3.63) is 60.7 Å². The van der Waals surface area contributed by atoms with E-state index in [4.69, 9.17) is 0 Å². The van der Waals surface area contributed by atoms with E-state index in [0.29, 0.717) is 0 Å². The first kappa shape index (κ1) is 24.1. The predicted octanol–water partition coefficient (Wildman–Crippen LogP) is -6.18. The molecule has 0 aliphatic heterocycles. The Morgan fingerprint density at radius 1 is 0.571 bits per heavy atom. The summed E-state index contributed by atoms with van der Waals surface area (Å²) in [6, 6.07) is 20.0. The van der Waals surface area contributed by atoms with E-state index in [1.165, 1.54) is 0 Å². The molecule has 0 N–H and O–H groups in total. The number of halogens is 3. The van der Waals surface area contributed by atoms with E-state index in [1.807, 2.05) is 60.7 Å². The summed E-state index contributed by atoms with van der Waals surface area (Å²) in [5.41, 5.74) is 0. The number of hydrogen-bond donors (Lipinski definition) is 0. The van der Waals surface area contributed by atoms with Crippen molar-refractivity contribution in [3.63, 3.8) is 0 Å². The second-order valence-electron chi connectivity index (χ2n) is 1.92. The van der Waals surface area contributed by atoms with Crippen LogP contribution < -0.4 is 41.8 Å². The molecule has 0 amide bonds. The molecule has 0 nitrogen and oxygen atoms in total. The van der Waals surface area contributed by atoms with Crippen molar-refractivity contribution in [1.82, 2.24) is 0 Å². The van der Waals surface area contributed by atoms with Crippen LogP contribution in [0.5, 0.6) is 0 Å². The first-order chi connectivity index (χ1) is 5.00. The van der Waals surface area contributed by atoms with Gasteiger partial charge in [0.25, 0.3) is 0 Å². The monoisotopic (exact) mass is 369 g/mol. The first-order valence-electron chi connectivity index (χ1n) is 3.33. The van der Waals surface area contributed by atoms with Gasteiger partial charge in [0.1, 0.15) is 0 Å². The minimum absolute atomic E-state index is 0. The number of hydrogen-bond acceptors (Lipinski definition) is 0. The van der Waals surface area contributed by atoms with Crippen LogP contribution in [0, 0.1) is 0 Å². The van der Waals surface area contributed by atoms with Gasteiger partial charge in [-0.25, -0.2) is 24.3 Å². The fourth-order valence-corrected chi connectivity index (χ4v) is 0.642. The standard InChI is InChI=1S/2C5H5.BrH.2ClH.Zr/c2*1-2-4-5-3-1;;;;/h2*1-5H;3*1H;/q2*-1;;;;+3/p-3. The van der Waals surface area contributed by atoms with E-state index in [9.17, 15) is 0 Å². The summed E-state index contributed by atoms with van der Waals surface area (Å²) < 4.78 is 0. The minimum Gasteiger partial charge on any atom is -1.00 e. The summed E-state index contributed by atoms with van der Waals surface area (Å²) >= 11 is 0. The molecule has 2 aromatic rings. The van der Waals surface area contributed by atoms with E-state index in [0.717, 1.165) is 0 Å². The largest absolute Gasteiger partial charge is 3.00 e. The van der Waals surface area contributed by atoms with Crippen LogP contribution in [0.2, 0.25) is 0 Å². The van der Waals surface area contributed by atoms with Gasteiger partial charge in [-0.05, 0) is 0 Å². The van der Waals surface area contributed by atoms with E-state index in [1.54, 1.807) is 0 Å². The fraction of sp³-hybridized carbons (Fsp3) is 0. The molecule has 0 unspecified atom stereocenters. The third kappa shape index (κ3) is 15.1. The Bertz CT molecular complexity index is 157. The molecule has 0 bridgehead atoms. The van der Waals surface area contributed by atoms with Crippen molar-refractivity contribution in [1.29, 1.82) is 0 Å². The zero-order valence-electron chi connectivity index (χ0n) is 7.41. The zero-order chi connectivity index (χ0) is 7.07. The van der Waals surface area contributed by atoms with Crippen LogP contribution in [0.4, 0.5) is 0 Å². The third-order valence-electron chi connectivity index (χ3n) is 1.11. The summed E-state index contributed by atoms with van der Waals surface area (Å²) in [7, 11) is 0. The van der Waals surface area contributed by atoms with Crippen LogP contribution in [0.25, 0.3) is 0 Å². The van der Waals surface area contributed by atoms with Gasteiger partial charge in [-0.15, -0.1) is 0 Å². The molecule has 2 aromatic carbocycles. The van der Waals surface area contributed by atoms with Crippen LogP contribution in [0.15, 0.2) is 60.7 Å². The molecule has 0 spiro atoms. The molecular weight excluding hydrogens is 362 g/mol. The smallest absolute Gasteiger partial charge is 1.00 e. The van der Waals surface area contributed by atoms with Crippen molar-refractivity contribution in [3.8, 4) is 0 Å². The topological polar surface area (TPSA) is 0 Å². The van der Waals surface area contributed by atoms with Crippen molar-refractivity contribution in [2.24, 2.45) is 0 Å². The van der Waals surface area contributed by atoms with Crippen LogP contribution in [-0.2, 0) is 26.2 Å². The molecule has 4 heteroatoms. The van der Waals surface area contributed by atoms with Gasteiger partial charge in [0.2, 0.25) is 0 Å². The average Bonchev–Trinajstić information content (AvgIpc) is 2.67. The van der Waals surface area contributed by atoms with Crippen molar-refractivity contribution < 1.29 is 68.0 Å². The normalized spacial score (nSPS) is 5.71. The maximum atomic E-state index is 2.00. The summed E-state index contributed by atoms with van der Waals surface area (Å²) in [5, 5.41) is 0. The SMILES string of the molecule is [Br-].[Cl-].[Cl-].[Zr+3].c1cc[cH-]c1.c1cc[cH-]c1. The van der Waals surface area contributed by atoms with Gasteiger partial charge >= 0.3 is 26.2 Å². The molecule has 0 heterocycles. The van der Waals surface area contributed by atoms with E-state index < -0.39 is 0 Å². The fourth-order valence-electron chi connectivity index (χ4n) is 0.642. The summed E-state index contributed by atoms with van der Waals surface area (Å²) in [4.78, 5) is 0. The summed E-state index contributed by atoms with van der Waals surface area (Å²) in [5.74, 6) is 0. The molecule has 14 heavy (non-hydrogen) atoms. The molecule has 2 rings (SSSR count). The van der Waals surface area contributed by atoms with Crippen LogP contribution in [0.1, 0.15) is 0 Å². The maximum Gasteiger partial charge on any atom is 3.00 e. The van der Waals surface area contributed by atoms with Gasteiger partial charge in [0.15, 0.2) is 0 Å². The second-order valence-corrected chi connectivity index (χ2v) is 1.92. The Balaban J connectivity index is -0.0000000556. The molecule has 0 aliphatic carbocycles. The Labute approximate surface area is 128 Å². The van der Waals surface area contributed by atoms with Gasteiger partial charge < -0.3 is 41.8 Å². The van der Waals surface area contributed by atoms with Gasteiger partial charge in [-0.1, -0.05) is 0 Å². The molecule has 77 valence electrons. The van der Waals surface area contributed by atoms with E-state index >= 15 is 0 Å². The molecule has 0 aromatic heterocycles. The van der Waals surface area contributed by atoms with Crippen molar-refractivity contribution in [2.75, 3.05) is 0 Å². The first-order valence-corrected chi connectivity index (χ1v) is 3.33. The Hall–Kier alpha value is 0.643. The number of rotatable bonds is 0. The molecule has 0 atom stereocenters. The Morgan fingerprint density at radius 2 is 0.786 bits per heavy atom. The zero-order valence-corrected chi connectivity index (χ0v) is 13.0. The molecule has 0 fully saturated rings. The second kappa shape index (κ2) is 19.3. The molecule has 1 radical (unpaired) electrons. The van der Waals surface area contributed by atoms with Crippen LogP contribution in [-0.4, -0.2) is 0 Å². The molecular formula is C10H10BrCl2Zr-2. The van der Waals surface area contributed by atoms with E-state index in [-0.39, 0.29) is 68.0 Å². The Kier molecular flexibility index (Phi) is 33.1. The average molecular weight is 372 g/mol. The van der Waals surface area contributed by atoms with Crippen LogP contribution in [0.3, 0.4) is 0 Å². The van der Waals surface area contributed by atoms with Gasteiger partial charge in [0, 0.05) is 0 Å². The molecule has 0 saturated carbocycles. The Morgan fingerprint density at radius 3 is 0.857 bits per heavy atom. The van der Waals surface area contributed by atoms with Gasteiger partial charge in [-0.2, -0.15) is 36.4 Å². The van der Waals surface area contributed by atoms with Crippen molar-refractivity contribution in [2.45, 2.75) is 0 Å². The molecule has 0 saturated heterocycles. The maximum absolute atomic E-state index is 2.00. The molecule has 0 aliphatic rings. The minimum atomic E-state index is 0. The predicted molar refractivity (Wildman–Crippen MR) is 44.1 cm³/mol. The van der Waals surface area contributed by atoms with E-state index in [2.05, 4.69) is 0 Å². The van der Waals surface area contributed by atoms with Gasteiger partial charge in [0.05, 0.1) is 0 Å². The summed E-state index contributed by atoms with van der Waals surface area (Å²) in [6.45, 7) is 0. The van der Waals surface area contributed by atoms with Crippen molar-refractivity contribution >= 4 is 0 Å². The third-order valence-corrected chi connectivity index (χ3v) is 1.11. The quantitative estimate of drug-likeness (QED) is 0.404. The van der Waals surface area contributed by atoms with Crippen LogP contribution >= 0.6 is 0 Å².